The Kier molecular flexibility index (Phi) is 12.3. The summed E-state index contributed by atoms with van der Waals surface area (Å²) in [6, 6.07) is 12.2. The second-order valence-corrected chi connectivity index (χ2v) is 11.6. The number of ketones is 1. The molecule has 10 nitrogen and oxygen atoms in total. The molecule has 39 heavy (non-hydrogen) atoms. The molecule has 0 aliphatic carbocycles. The number of Topliss-reactive ketones (excluding diaryl/α,β-unsaturated/α-hetero) is 1. The van der Waals surface area contributed by atoms with Crippen LogP contribution < -0.4 is 15.8 Å². The Morgan fingerprint density at radius 1 is 0.974 bits per heavy atom. The fourth-order valence-corrected chi connectivity index (χ4v) is 4.53. The molecule has 2 aromatic rings. The van der Waals surface area contributed by atoms with E-state index in [2.05, 4.69) is 17.6 Å². The zero-order chi connectivity index (χ0) is 29.2. The standard InChI is InChI=1S/C27H38BN3O7S/c1-4-5-6-19-7-9-20(10-8-19)24(32)16-22(27(34)31-25(28(35)36)15-18(2)3)17-30-26(33)21-11-13-23(14-12-21)39(29,37)38/h7-14,18,22,25,35-36H,4-6,15-17H2,1-3H3,(H,30,33)(H,31,34)(H2,29,37,38)/t22-,25-/m0/s1. The van der Waals surface area contributed by atoms with Gasteiger partial charge in [-0.3, -0.25) is 14.4 Å². The molecular formula is C27H38BN3O7S. The van der Waals surface area contributed by atoms with Crippen molar-refractivity contribution < 1.29 is 32.8 Å². The zero-order valence-corrected chi connectivity index (χ0v) is 23.4. The van der Waals surface area contributed by atoms with Crippen molar-refractivity contribution in [3.8, 4) is 0 Å². The number of primary sulfonamides is 1. The number of hydrogen-bond donors (Lipinski definition) is 5. The van der Waals surface area contributed by atoms with Gasteiger partial charge in [0.15, 0.2) is 5.78 Å². The molecule has 12 heteroatoms. The van der Waals surface area contributed by atoms with Crippen molar-refractivity contribution in [1.29, 1.82) is 0 Å². The van der Waals surface area contributed by atoms with Crippen LogP contribution in [0.25, 0.3) is 0 Å². The van der Waals surface area contributed by atoms with Gasteiger partial charge in [0.05, 0.1) is 16.8 Å². The Morgan fingerprint density at radius 3 is 2.08 bits per heavy atom. The number of rotatable bonds is 15. The van der Waals surface area contributed by atoms with Crippen LogP contribution in [-0.4, -0.2) is 55.7 Å². The summed E-state index contributed by atoms with van der Waals surface area (Å²) in [4.78, 5) is 38.8. The van der Waals surface area contributed by atoms with Gasteiger partial charge in [-0.05, 0) is 55.0 Å². The number of amides is 2. The molecule has 0 fully saturated rings. The molecule has 2 aromatic carbocycles. The lowest BCUT2D eigenvalue weighted by atomic mass is 9.74. The molecule has 0 aromatic heterocycles. The van der Waals surface area contributed by atoms with E-state index in [1.54, 1.807) is 12.1 Å². The van der Waals surface area contributed by atoms with Crippen LogP contribution in [0.2, 0.25) is 0 Å². The minimum atomic E-state index is -3.92. The van der Waals surface area contributed by atoms with Crippen molar-refractivity contribution in [1.82, 2.24) is 10.6 Å². The number of sulfonamides is 1. The topological polar surface area (TPSA) is 176 Å². The molecule has 2 amide bonds. The van der Waals surface area contributed by atoms with Crippen LogP contribution in [0, 0.1) is 11.8 Å². The highest BCUT2D eigenvalue weighted by molar-refractivity contribution is 7.89. The quantitative estimate of drug-likeness (QED) is 0.163. The molecule has 2 atom stereocenters. The first-order valence-corrected chi connectivity index (χ1v) is 14.6. The third-order valence-corrected chi connectivity index (χ3v) is 7.19. The highest BCUT2D eigenvalue weighted by atomic mass is 32.2. The van der Waals surface area contributed by atoms with Gasteiger partial charge in [-0.2, -0.15) is 0 Å². The molecule has 0 unspecified atom stereocenters. The lowest BCUT2D eigenvalue weighted by Gasteiger charge is -2.23. The van der Waals surface area contributed by atoms with Crippen LogP contribution in [0.5, 0.6) is 0 Å². The normalized spacial score (nSPS) is 13.0. The van der Waals surface area contributed by atoms with Crippen molar-refractivity contribution in [3.05, 3.63) is 65.2 Å². The van der Waals surface area contributed by atoms with Crippen LogP contribution in [0.3, 0.4) is 0 Å². The molecule has 0 bridgehead atoms. The number of carbonyl (C=O) groups excluding carboxylic acids is 3. The number of hydrogen-bond acceptors (Lipinski definition) is 7. The van der Waals surface area contributed by atoms with E-state index in [0.717, 1.165) is 24.8 Å². The maximum Gasteiger partial charge on any atom is 0.475 e. The SMILES string of the molecule is CCCCc1ccc(C(=O)C[C@@H](CNC(=O)c2ccc(S(N)(=O)=O)cc2)C(=O)N[C@@H](CC(C)C)B(O)O)cc1. The largest absolute Gasteiger partial charge is 0.475 e. The Balaban J connectivity index is 2.19. The summed E-state index contributed by atoms with van der Waals surface area (Å²) < 4.78 is 22.9. The Bertz CT molecular complexity index is 1220. The molecule has 0 aliphatic rings. The van der Waals surface area contributed by atoms with Crippen molar-refractivity contribution in [3.63, 3.8) is 0 Å². The third-order valence-electron chi connectivity index (χ3n) is 6.26. The summed E-state index contributed by atoms with van der Waals surface area (Å²) >= 11 is 0. The third kappa shape index (κ3) is 10.6. The molecule has 0 heterocycles. The van der Waals surface area contributed by atoms with Crippen molar-refractivity contribution in [2.24, 2.45) is 17.0 Å². The molecular weight excluding hydrogens is 521 g/mol. The number of unbranched alkanes of at least 4 members (excludes halogenated alkanes) is 1. The van der Waals surface area contributed by atoms with E-state index < -0.39 is 40.8 Å². The molecule has 6 N–H and O–H groups in total. The van der Waals surface area contributed by atoms with E-state index in [0.29, 0.717) is 12.0 Å². The molecule has 0 spiro atoms. The van der Waals surface area contributed by atoms with Gasteiger partial charge in [0, 0.05) is 24.1 Å². The van der Waals surface area contributed by atoms with E-state index in [1.807, 2.05) is 26.0 Å². The Morgan fingerprint density at radius 2 is 1.56 bits per heavy atom. The summed E-state index contributed by atoms with van der Waals surface area (Å²) in [5.41, 5.74) is 1.68. The zero-order valence-electron chi connectivity index (χ0n) is 22.6. The average Bonchev–Trinajstić information content (AvgIpc) is 2.88. The molecule has 0 saturated carbocycles. The summed E-state index contributed by atoms with van der Waals surface area (Å²) in [7, 11) is -5.72. The fraction of sp³-hybridized carbons (Fsp3) is 0.444. The van der Waals surface area contributed by atoms with Crippen molar-refractivity contribution in [2.45, 2.75) is 63.7 Å². The summed E-state index contributed by atoms with van der Waals surface area (Å²) in [5.74, 6) is -3.38. The van der Waals surface area contributed by atoms with Gasteiger partial charge < -0.3 is 20.7 Å². The average molecular weight is 559 g/mol. The molecule has 212 valence electrons. The van der Waals surface area contributed by atoms with Gasteiger partial charge in [-0.15, -0.1) is 0 Å². The second kappa shape index (κ2) is 14.9. The van der Waals surface area contributed by atoms with Gasteiger partial charge in [-0.25, -0.2) is 13.6 Å². The minimum Gasteiger partial charge on any atom is -0.426 e. The Hall–Kier alpha value is -3.06. The van der Waals surface area contributed by atoms with E-state index in [1.165, 1.54) is 24.3 Å². The number of aryl methyl sites for hydroxylation is 1. The van der Waals surface area contributed by atoms with Gasteiger partial charge in [0.2, 0.25) is 15.9 Å². The minimum absolute atomic E-state index is 0.0587. The van der Waals surface area contributed by atoms with E-state index in [9.17, 15) is 32.8 Å². The predicted molar refractivity (Wildman–Crippen MR) is 149 cm³/mol. The van der Waals surface area contributed by atoms with Crippen LogP contribution in [-0.2, 0) is 21.2 Å². The highest BCUT2D eigenvalue weighted by Gasteiger charge is 2.30. The predicted octanol–water partition coefficient (Wildman–Crippen LogP) is 1.84. The van der Waals surface area contributed by atoms with Gasteiger partial charge in [0.1, 0.15) is 0 Å². The first kappa shape index (κ1) is 32.2. The summed E-state index contributed by atoms with van der Waals surface area (Å²) in [6.07, 6.45) is 3.07. The van der Waals surface area contributed by atoms with Crippen molar-refractivity contribution >= 4 is 34.7 Å². The van der Waals surface area contributed by atoms with Crippen LogP contribution in [0.4, 0.5) is 0 Å². The van der Waals surface area contributed by atoms with E-state index in [-0.39, 0.29) is 35.1 Å². The molecule has 0 radical (unpaired) electrons. The van der Waals surface area contributed by atoms with Crippen LogP contribution >= 0.6 is 0 Å². The number of nitrogens with one attached hydrogen (secondary N) is 2. The molecule has 0 aliphatic heterocycles. The maximum absolute atomic E-state index is 13.2. The second-order valence-electron chi connectivity index (χ2n) is 10.1. The van der Waals surface area contributed by atoms with Gasteiger partial charge in [0.25, 0.3) is 5.91 Å². The smallest absolute Gasteiger partial charge is 0.426 e. The monoisotopic (exact) mass is 559 g/mol. The van der Waals surface area contributed by atoms with Gasteiger partial charge >= 0.3 is 7.12 Å². The van der Waals surface area contributed by atoms with Crippen LogP contribution in [0.1, 0.15) is 72.7 Å². The summed E-state index contributed by atoms with van der Waals surface area (Å²) in [6.45, 7) is 5.63. The summed E-state index contributed by atoms with van der Waals surface area (Å²) in [5, 5.41) is 29.8. The van der Waals surface area contributed by atoms with E-state index >= 15 is 0 Å². The van der Waals surface area contributed by atoms with Crippen molar-refractivity contribution in [2.75, 3.05) is 6.54 Å². The highest BCUT2D eigenvalue weighted by Crippen LogP contribution is 2.15. The Labute approximate surface area is 230 Å². The fourth-order valence-electron chi connectivity index (χ4n) is 4.01. The number of carbonyl (C=O) groups is 3. The number of nitrogens with two attached hydrogens (primary N) is 1. The maximum atomic E-state index is 13.2. The number of benzene rings is 2. The van der Waals surface area contributed by atoms with E-state index in [4.69, 9.17) is 5.14 Å². The first-order valence-electron chi connectivity index (χ1n) is 13.0. The van der Waals surface area contributed by atoms with Gasteiger partial charge in [-0.1, -0.05) is 51.5 Å². The first-order chi connectivity index (χ1) is 18.3. The molecule has 0 saturated heterocycles. The lowest BCUT2D eigenvalue weighted by molar-refractivity contribution is -0.125. The van der Waals surface area contributed by atoms with Crippen LogP contribution in [0.15, 0.2) is 53.4 Å². The molecule has 2 rings (SSSR count). The lowest BCUT2D eigenvalue weighted by Crippen LogP contribution is -2.50.